The molecule has 0 unspecified atom stereocenters. The Morgan fingerprint density at radius 1 is 0.304 bits per heavy atom. The normalized spacial score (nSPS) is 12.3. The van der Waals surface area contributed by atoms with Gasteiger partial charge >= 0.3 is 0 Å². The van der Waals surface area contributed by atoms with Crippen LogP contribution >= 0.6 is 0 Å². The van der Waals surface area contributed by atoms with Crippen molar-refractivity contribution in [2.45, 2.75) is 0 Å². The molecule has 11 rings (SSSR count). The molecule has 212 valence electrons. The van der Waals surface area contributed by atoms with Gasteiger partial charge in [-0.1, -0.05) is 103 Å². The molecule has 1 aliphatic rings. The fraction of sp³-hybridized carbons (Fsp3) is 0. The monoisotopic (exact) mass is 582 g/mol. The molecule has 2 aromatic heterocycles. The van der Waals surface area contributed by atoms with Crippen LogP contribution in [0.2, 0.25) is 0 Å². The third-order valence-electron chi connectivity index (χ3n) is 10.2. The summed E-state index contributed by atoms with van der Waals surface area (Å²) in [5, 5.41) is 10.4. The number of aromatic nitrogens is 2. The minimum Gasteiger partial charge on any atom is -0.309 e. The molecule has 10 aromatic rings. The lowest BCUT2D eigenvalue weighted by Crippen LogP contribution is -1.97. The average molecular weight is 583 g/mol. The van der Waals surface area contributed by atoms with Crippen LogP contribution in [0.4, 0.5) is 0 Å². The van der Waals surface area contributed by atoms with Crippen LogP contribution in [0.1, 0.15) is 0 Å². The lowest BCUT2D eigenvalue weighted by Gasteiger charge is -2.12. The van der Waals surface area contributed by atoms with Gasteiger partial charge in [0.2, 0.25) is 0 Å². The lowest BCUT2D eigenvalue weighted by atomic mass is 9.98. The van der Waals surface area contributed by atoms with E-state index in [4.69, 9.17) is 0 Å². The Morgan fingerprint density at radius 2 is 0.891 bits per heavy atom. The van der Waals surface area contributed by atoms with Gasteiger partial charge in [0, 0.05) is 38.5 Å². The fourth-order valence-electron chi connectivity index (χ4n) is 8.30. The molecular weight excluding hydrogens is 556 g/mol. The van der Waals surface area contributed by atoms with Gasteiger partial charge in [0.25, 0.3) is 0 Å². The molecule has 0 radical (unpaired) electrons. The Bertz CT molecular complexity index is 2890. The zero-order valence-corrected chi connectivity index (χ0v) is 24.9. The van der Waals surface area contributed by atoms with E-state index in [1.54, 1.807) is 0 Å². The van der Waals surface area contributed by atoms with Crippen LogP contribution < -0.4 is 0 Å². The van der Waals surface area contributed by atoms with Crippen molar-refractivity contribution in [2.75, 3.05) is 0 Å². The predicted octanol–water partition coefficient (Wildman–Crippen LogP) is 11.8. The molecule has 46 heavy (non-hydrogen) atoms. The van der Waals surface area contributed by atoms with Gasteiger partial charge in [-0.3, -0.25) is 0 Å². The minimum atomic E-state index is 1.16. The molecule has 0 fully saturated rings. The maximum Gasteiger partial charge on any atom is 0.0547 e. The SMILES string of the molecule is c1ccc2cc3c(cc2c1)c1ccccc1n3-c1ccc(-n2c3ccccc3c3c4c(ccc32)-c2cccc3cccc-4c23)cc1. The first-order valence-electron chi connectivity index (χ1n) is 15.9. The van der Waals surface area contributed by atoms with Crippen molar-refractivity contribution in [3.05, 3.63) is 158 Å². The van der Waals surface area contributed by atoms with E-state index in [1.165, 1.54) is 87.4 Å². The number of fused-ring (bicyclic) bond motifs is 11. The number of para-hydroxylation sites is 2. The van der Waals surface area contributed by atoms with E-state index in [1.807, 2.05) is 0 Å². The van der Waals surface area contributed by atoms with Gasteiger partial charge in [-0.25, -0.2) is 0 Å². The first-order valence-corrected chi connectivity index (χ1v) is 15.9. The van der Waals surface area contributed by atoms with Crippen molar-refractivity contribution >= 4 is 65.2 Å². The molecule has 0 aliphatic heterocycles. The number of rotatable bonds is 2. The van der Waals surface area contributed by atoms with Crippen LogP contribution in [-0.4, -0.2) is 9.13 Å². The molecule has 0 N–H and O–H groups in total. The molecule has 0 saturated carbocycles. The molecule has 1 aliphatic carbocycles. The highest BCUT2D eigenvalue weighted by Gasteiger charge is 2.26. The maximum absolute atomic E-state index is 2.44. The fourth-order valence-corrected chi connectivity index (χ4v) is 8.30. The van der Waals surface area contributed by atoms with Gasteiger partial charge in [-0.05, 0) is 92.8 Å². The summed E-state index contributed by atoms with van der Waals surface area (Å²) in [6.07, 6.45) is 0. The molecule has 0 amide bonds. The second kappa shape index (κ2) is 8.74. The van der Waals surface area contributed by atoms with Crippen molar-refractivity contribution < 1.29 is 0 Å². The molecule has 8 aromatic carbocycles. The summed E-state index contributed by atoms with van der Waals surface area (Å²) in [5.41, 5.74) is 12.6. The number of hydrogen-bond acceptors (Lipinski definition) is 0. The van der Waals surface area contributed by atoms with Crippen LogP contribution in [-0.2, 0) is 0 Å². The minimum absolute atomic E-state index is 1.16. The van der Waals surface area contributed by atoms with Gasteiger partial charge in [0.15, 0.2) is 0 Å². The average Bonchev–Trinajstić information content (AvgIpc) is 3.74. The van der Waals surface area contributed by atoms with Gasteiger partial charge in [-0.2, -0.15) is 0 Å². The first kappa shape index (κ1) is 24.2. The number of nitrogens with zero attached hydrogens (tertiary/aromatic N) is 2. The zero-order valence-electron chi connectivity index (χ0n) is 24.9. The Morgan fingerprint density at radius 3 is 1.65 bits per heavy atom. The van der Waals surface area contributed by atoms with Crippen LogP contribution in [0, 0.1) is 0 Å². The molecule has 2 nitrogen and oxygen atoms in total. The van der Waals surface area contributed by atoms with Gasteiger partial charge in [0.1, 0.15) is 0 Å². The van der Waals surface area contributed by atoms with Crippen LogP contribution in [0.25, 0.3) is 98.8 Å². The van der Waals surface area contributed by atoms with Crippen molar-refractivity contribution in [1.29, 1.82) is 0 Å². The second-order valence-corrected chi connectivity index (χ2v) is 12.5. The summed E-state index contributed by atoms with van der Waals surface area (Å²) < 4.78 is 4.86. The van der Waals surface area contributed by atoms with E-state index in [9.17, 15) is 0 Å². The summed E-state index contributed by atoms with van der Waals surface area (Å²) in [5.74, 6) is 0. The highest BCUT2D eigenvalue weighted by atomic mass is 15.0. The quantitative estimate of drug-likeness (QED) is 0.192. The van der Waals surface area contributed by atoms with Crippen LogP contribution in [0.15, 0.2) is 158 Å². The van der Waals surface area contributed by atoms with Crippen LogP contribution in [0.3, 0.4) is 0 Å². The molecule has 0 bridgehead atoms. The summed E-state index contributed by atoms with van der Waals surface area (Å²) in [6.45, 7) is 0. The van der Waals surface area contributed by atoms with Crippen molar-refractivity contribution in [3.8, 4) is 33.6 Å². The highest BCUT2D eigenvalue weighted by molar-refractivity contribution is 6.26. The molecule has 2 heteroatoms. The maximum atomic E-state index is 2.44. The Balaban J connectivity index is 1.15. The smallest absolute Gasteiger partial charge is 0.0547 e. The first-order chi connectivity index (χ1) is 22.8. The Kier molecular flexibility index (Phi) is 4.61. The second-order valence-electron chi connectivity index (χ2n) is 12.5. The predicted molar refractivity (Wildman–Crippen MR) is 195 cm³/mol. The highest BCUT2D eigenvalue weighted by Crippen LogP contribution is 2.52. The summed E-state index contributed by atoms with van der Waals surface area (Å²) in [7, 11) is 0. The van der Waals surface area contributed by atoms with Gasteiger partial charge in [0.05, 0.1) is 22.1 Å². The molecule has 0 saturated heterocycles. The molecule has 2 heterocycles. The molecular formula is C44H26N2. The third-order valence-corrected chi connectivity index (χ3v) is 10.2. The number of hydrogen-bond donors (Lipinski definition) is 0. The topological polar surface area (TPSA) is 9.86 Å². The third kappa shape index (κ3) is 3.05. The van der Waals surface area contributed by atoms with Gasteiger partial charge < -0.3 is 9.13 Å². The summed E-state index contributed by atoms with van der Waals surface area (Å²) in [6, 6.07) is 58.2. The summed E-state index contributed by atoms with van der Waals surface area (Å²) >= 11 is 0. The van der Waals surface area contributed by atoms with E-state index in [0.717, 1.165) is 11.4 Å². The largest absolute Gasteiger partial charge is 0.309 e. The lowest BCUT2D eigenvalue weighted by molar-refractivity contribution is 1.15. The Labute approximate surface area is 265 Å². The zero-order chi connectivity index (χ0) is 29.9. The molecule has 0 atom stereocenters. The standard InChI is InChI=1S/C44H26N2/c1-2-10-29-26-41-37(25-28(29)9-1)32-13-3-5-17-38(32)46(41)31-21-19-30(20-22-31)45-39-18-6-4-14-35(39)44-40(45)24-23-34-33-15-7-11-27-12-8-16-36(42(27)33)43(34)44/h1-26H. The van der Waals surface area contributed by atoms with Crippen molar-refractivity contribution in [2.24, 2.45) is 0 Å². The summed E-state index contributed by atoms with van der Waals surface area (Å²) in [4.78, 5) is 0. The molecule has 0 spiro atoms. The van der Waals surface area contributed by atoms with Crippen molar-refractivity contribution in [3.63, 3.8) is 0 Å². The van der Waals surface area contributed by atoms with Gasteiger partial charge in [-0.15, -0.1) is 0 Å². The van der Waals surface area contributed by atoms with E-state index in [0.29, 0.717) is 0 Å². The number of benzene rings is 8. The Hall–Kier alpha value is -6.12. The van der Waals surface area contributed by atoms with E-state index in [-0.39, 0.29) is 0 Å². The van der Waals surface area contributed by atoms with Crippen molar-refractivity contribution in [1.82, 2.24) is 9.13 Å². The van der Waals surface area contributed by atoms with E-state index >= 15 is 0 Å². The van der Waals surface area contributed by atoms with E-state index < -0.39 is 0 Å². The van der Waals surface area contributed by atoms with E-state index in [2.05, 4.69) is 167 Å². The van der Waals surface area contributed by atoms with Crippen LogP contribution in [0.5, 0.6) is 0 Å².